The first-order valence-electron chi connectivity index (χ1n) is 7.79. The normalized spacial score (nSPS) is 19.9. The first-order valence-corrected chi connectivity index (χ1v) is 7.79. The molecule has 0 amide bonds. The summed E-state index contributed by atoms with van der Waals surface area (Å²) in [6.07, 6.45) is 8.12. The third kappa shape index (κ3) is 3.26. The lowest BCUT2D eigenvalue weighted by Gasteiger charge is -2.20. The van der Waals surface area contributed by atoms with Gasteiger partial charge < -0.3 is 5.32 Å². The van der Waals surface area contributed by atoms with Crippen molar-refractivity contribution in [3.8, 4) is 0 Å². The van der Waals surface area contributed by atoms with Crippen LogP contribution in [0, 0.1) is 5.92 Å². The summed E-state index contributed by atoms with van der Waals surface area (Å²) in [5.74, 6) is -2.50. The third-order valence-corrected chi connectivity index (χ3v) is 4.21. The molecular weight excluding hydrogens is 296 g/mol. The number of carbonyl (C=O) groups excluding carboxylic acids is 1. The highest BCUT2D eigenvalue weighted by Crippen LogP contribution is 2.40. The number of hydrogen-bond donors (Lipinski definition) is 1. The van der Waals surface area contributed by atoms with Gasteiger partial charge in [-0.2, -0.15) is 0 Å². The molecule has 2 aliphatic rings. The molecule has 0 saturated heterocycles. The molecule has 1 aliphatic heterocycles. The fourth-order valence-corrected chi connectivity index (χ4v) is 2.71. The zero-order valence-electron chi connectivity index (χ0n) is 13.2. The molecule has 2 nitrogen and oxygen atoms in total. The number of benzene rings is 1. The van der Waals surface area contributed by atoms with E-state index in [0.29, 0.717) is 17.2 Å². The number of halogens is 2. The highest BCUT2D eigenvalue weighted by molar-refractivity contribution is 6.09. The second-order valence-corrected chi connectivity index (χ2v) is 6.10. The summed E-state index contributed by atoms with van der Waals surface area (Å²) in [6.45, 7) is 2.78. The SMILES string of the molecule is C/C=C1/NC(C(=O)c2ccc(C(C)(F)F)cc2)=CC=C1C1CC1. The highest BCUT2D eigenvalue weighted by atomic mass is 19.3. The number of carbonyl (C=O) groups is 1. The number of alkyl halides is 2. The van der Waals surface area contributed by atoms with Crippen LogP contribution in [0.4, 0.5) is 8.78 Å². The van der Waals surface area contributed by atoms with Crippen LogP contribution in [-0.4, -0.2) is 5.78 Å². The van der Waals surface area contributed by atoms with E-state index in [9.17, 15) is 13.6 Å². The van der Waals surface area contributed by atoms with E-state index in [4.69, 9.17) is 0 Å². The quantitative estimate of drug-likeness (QED) is 0.815. The minimum absolute atomic E-state index is 0.0929. The van der Waals surface area contributed by atoms with Gasteiger partial charge in [-0.3, -0.25) is 4.79 Å². The summed E-state index contributed by atoms with van der Waals surface area (Å²) in [5, 5.41) is 3.17. The summed E-state index contributed by atoms with van der Waals surface area (Å²) in [4.78, 5) is 12.5. The topological polar surface area (TPSA) is 29.1 Å². The number of Topliss-reactive ketones (excluding diaryl/α,β-unsaturated/α-hetero) is 1. The van der Waals surface area contributed by atoms with Crippen molar-refractivity contribution in [1.82, 2.24) is 5.32 Å². The van der Waals surface area contributed by atoms with Gasteiger partial charge in [0.1, 0.15) is 0 Å². The van der Waals surface area contributed by atoms with Gasteiger partial charge in [0.15, 0.2) is 0 Å². The molecule has 3 rings (SSSR count). The molecule has 0 unspecified atom stereocenters. The maximum absolute atomic E-state index is 13.2. The molecule has 1 aromatic carbocycles. The largest absolute Gasteiger partial charge is 0.352 e. The molecule has 1 saturated carbocycles. The molecule has 0 bridgehead atoms. The standard InChI is InChI=1S/C19H19F2NO/c1-3-16-15(12-4-5-12)10-11-17(22-16)18(23)13-6-8-14(9-7-13)19(2,20)21/h3,6-12,22H,4-5H2,1-2H3/b16-3+. The van der Waals surface area contributed by atoms with Gasteiger partial charge in [-0.05, 0) is 37.3 Å². The van der Waals surface area contributed by atoms with E-state index in [1.807, 2.05) is 19.1 Å². The minimum atomic E-state index is -2.90. The molecule has 1 fully saturated rings. The van der Waals surface area contributed by atoms with Gasteiger partial charge in [0.2, 0.25) is 5.78 Å². The Morgan fingerprint density at radius 1 is 1.22 bits per heavy atom. The molecule has 23 heavy (non-hydrogen) atoms. The van der Waals surface area contributed by atoms with Crippen LogP contribution in [-0.2, 0) is 5.92 Å². The van der Waals surface area contributed by atoms with Crippen LogP contribution < -0.4 is 5.32 Å². The smallest absolute Gasteiger partial charge is 0.270 e. The molecular formula is C19H19F2NO. The summed E-state index contributed by atoms with van der Waals surface area (Å²) >= 11 is 0. The number of ketones is 1. The molecule has 1 aromatic rings. The van der Waals surface area contributed by atoms with Crippen molar-refractivity contribution in [3.05, 3.63) is 70.6 Å². The Morgan fingerprint density at radius 3 is 2.39 bits per heavy atom. The Hall–Kier alpha value is -2.23. The summed E-state index contributed by atoms with van der Waals surface area (Å²) in [5.41, 5.74) is 2.98. The van der Waals surface area contributed by atoms with Crippen LogP contribution in [0.2, 0.25) is 0 Å². The van der Waals surface area contributed by atoms with Crippen molar-refractivity contribution >= 4 is 5.78 Å². The maximum atomic E-state index is 13.2. The summed E-state index contributed by atoms with van der Waals surface area (Å²) in [7, 11) is 0. The van der Waals surface area contributed by atoms with E-state index in [1.165, 1.54) is 42.7 Å². The third-order valence-electron chi connectivity index (χ3n) is 4.21. The Kier molecular flexibility index (Phi) is 3.92. The Labute approximate surface area is 134 Å². The van der Waals surface area contributed by atoms with Crippen molar-refractivity contribution in [3.63, 3.8) is 0 Å². The number of hydrogen-bond acceptors (Lipinski definition) is 2. The summed E-state index contributed by atoms with van der Waals surface area (Å²) in [6, 6.07) is 5.51. The van der Waals surface area contributed by atoms with Crippen LogP contribution in [0.15, 0.2) is 59.5 Å². The van der Waals surface area contributed by atoms with Crippen LogP contribution in [0.5, 0.6) is 0 Å². The van der Waals surface area contributed by atoms with Crippen molar-refractivity contribution in [2.24, 2.45) is 5.92 Å². The lowest BCUT2D eigenvalue weighted by molar-refractivity contribution is 0.0174. The zero-order chi connectivity index (χ0) is 16.6. The van der Waals surface area contributed by atoms with Gasteiger partial charge in [-0.1, -0.05) is 36.4 Å². The van der Waals surface area contributed by atoms with Gasteiger partial charge in [-0.25, -0.2) is 8.78 Å². The van der Waals surface area contributed by atoms with Crippen LogP contribution in [0.3, 0.4) is 0 Å². The van der Waals surface area contributed by atoms with Crippen LogP contribution in [0.25, 0.3) is 0 Å². The first-order chi connectivity index (χ1) is 10.9. The van der Waals surface area contributed by atoms with Crippen molar-refractivity contribution < 1.29 is 13.6 Å². The zero-order valence-corrected chi connectivity index (χ0v) is 13.2. The summed E-state index contributed by atoms with van der Waals surface area (Å²) < 4.78 is 26.5. The van der Waals surface area contributed by atoms with Crippen LogP contribution >= 0.6 is 0 Å². The van der Waals surface area contributed by atoms with Gasteiger partial charge in [-0.15, -0.1) is 0 Å². The van der Waals surface area contributed by atoms with E-state index in [-0.39, 0.29) is 11.3 Å². The molecule has 0 aromatic heterocycles. The lowest BCUT2D eigenvalue weighted by atomic mass is 9.98. The van der Waals surface area contributed by atoms with Gasteiger partial charge in [0.05, 0.1) is 5.70 Å². The van der Waals surface area contributed by atoms with E-state index in [2.05, 4.69) is 5.32 Å². The molecule has 1 N–H and O–H groups in total. The monoisotopic (exact) mass is 315 g/mol. The predicted octanol–water partition coefficient (Wildman–Crippen LogP) is 4.71. The number of dihydropyridines is 1. The van der Waals surface area contributed by atoms with E-state index < -0.39 is 5.92 Å². The molecule has 0 spiro atoms. The average Bonchev–Trinajstić information content (AvgIpc) is 3.37. The molecule has 0 atom stereocenters. The number of rotatable bonds is 4. The lowest BCUT2D eigenvalue weighted by Crippen LogP contribution is -2.24. The Morgan fingerprint density at radius 2 is 1.87 bits per heavy atom. The maximum Gasteiger partial charge on any atom is 0.270 e. The second kappa shape index (κ2) is 5.76. The number of nitrogens with one attached hydrogen (secondary N) is 1. The van der Waals surface area contributed by atoms with Crippen molar-refractivity contribution in [2.45, 2.75) is 32.6 Å². The fourth-order valence-electron chi connectivity index (χ4n) is 2.71. The Bertz CT molecular complexity index is 717. The first kappa shape index (κ1) is 15.7. The van der Waals surface area contributed by atoms with Gasteiger partial charge >= 0.3 is 0 Å². The fraction of sp³-hybridized carbons (Fsp3) is 0.316. The Balaban J connectivity index is 1.83. The van der Waals surface area contributed by atoms with E-state index in [0.717, 1.165) is 12.6 Å². The molecule has 1 heterocycles. The van der Waals surface area contributed by atoms with Crippen molar-refractivity contribution in [1.29, 1.82) is 0 Å². The highest BCUT2D eigenvalue weighted by Gasteiger charge is 2.30. The second-order valence-electron chi connectivity index (χ2n) is 6.10. The number of allylic oxidation sites excluding steroid dienone is 5. The van der Waals surface area contributed by atoms with Crippen LogP contribution in [0.1, 0.15) is 42.6 Å². The minimum Gasteiger partial charge on any atom is -0.352 e. The van der Waals surface area contributed by atoms with E-state index in [1.54, 1.807) is 6.08 Å². The predicted molar refractivity (Wildman–Crippen MR) is 86.1 cm³/mol. The van der Waals surface area contributed by atoms with Gasteiger partial charge in [0, 0.05) is 23.7 Å². The molecule has 120 valence electrons. The van der Waals surface area contributed by atoms with Gasteiger partial charge in [0.25, 0.3) is 5.92 Å². The molecule has 4 heteroatoms. The molecule has 0 radical (unpaired) electrons. The molecule has 1 aliphatic carbocycles. The van der Waals surface area contributed by atoms with E-state index >= 15 is 0 Å². The average molecular weight is 315 g/mol. The van der Waals surface area contributed by atoms with Crippen molar-refractivity contribution in [2.75, 3.05) is 0 Å².